The summed E-state index contributed by atoms with van der Waals surface area (Å²) in [5, 5.41) is 14.7. The molecule has 3 aromatic rings. The first-order valence-corrected chi connectivity index (χ1v) is 11.7. The molecule has 8 nitrogen and oxygen atoms in total. The normalized spacial score (nSPS) is 13.4. The molecule has 1 heterocycles. The first-order valence-electron chi connectivity index (χ1n) is 11.7. The van der Waals surface area contributed by atoms with E-state index in [0.717, 1.165) is 22.2 Å². The Bertz CT molecular complexity index is 1400. The maximum atomic E-state index is 12.2. The zero-order chi connectivity index (χ0) is 25.7. The Morgan fingerprint density at radius 3 is 2.78 bits per heavy atom. The third kappa shape index (κ3) is 6.15. The van der Waals surface area contributed by atoms with E-state index in [9.17, 15) is 4.79 Å². The third-order valence-corrected chi connectivity index (χ3v) is 5.30. The van der Waals surface area contributed by atoms with Crippen LogP contribution < -0.4 is 16.4 Å². The van der Waals surface area contributed by atoms with E-state index in [4.69, 9.17) is 25.8 Å². The number of rotatable bonds is 7. The second kappa shape index (κ2) is 10.4. The predicted octanol–water partition coefficient (Wildman–Crippen LogP) is 5.11. The Morgan fingerprint density at radius 1 is 1.19 bits per heavy atom. The van der Waals surface area contributed by atoms with E-state index >= 15 is 0 Å². The molecule has 8 heteroatoms. The summed E-state index contributed by atoms with van der Waals surface area (Å²) in [6.45, 7) is 5.69. The summed E-state index contributed by atoms with van der Waals surface area (Å²) >= 11 is 0. The summed E-state index contributed by atoms with van der Waals surface area (Å²) in [4.78, 5) is 21.8. The fraction of sp³-hybridized carbons (Fsp3) is 0.214. The van der Waals surface area contributed by atoms with Crippen LogP contribution in [-0.2, 0) is 9.53 Å². The number of ether oxygens (including phenoxy) is 1. The van der Waals surface area contributed by atoms with Crippen molar-refractivity contribution in [1.29, 1.82) is 5.41 Å². The number of hydrogen-bond acceptors (Lipinski definition) is 7. The molecule has 0 spiro atoms. The fourth-order valence-corrected chi connectivity index (χ4v) is 3.70. The van der Waals surface area contributed by atoms with E-state index in [1.54, 1.807) is 6.07 Å². The summed E-state index contributed by atoms with van der Waals surface area (Å²) in [6, 6.07) is 13.2. The van der Waals surface area contributed by atoms with Crippen LogP contribution in [0.25, 0.3) is 16.5 Å². The van der Waals surface area contributed by atoms with Crippen molar-refractivity contribution in [1.82, 2.24) is 15.3 Å². The lowest BCUT2D eigenvalue weighted by atomic mass is 10.1. The standard InChI is InChI=1S/C28H30N6O2/c1-28(2,3)34-25(35)17-36-21-9-5-4-8-18(15-21)26-32-24-11-7-6-10-22(24)27(33-26)31-20-12-13-23(30)19(14-20)16-29/h5-16,29H,4,17,30H2,1-3H3,(H,34,35)(H,31,32,33). The average Bonchev–Trinajstić information content (AvgIpc) is 3.08. The summed E-state index contributed by atoms with van der Waals surface area (Å²) in [6.07, 6.45) is 9.58. The van der Waals surface area contributed by atoms with Gasteiger partial charge in [0.15, 0.2) is 12.4 Å². The van der Waals surface area contributed by atoms with E-state index in [1.807, 2.05) is 81.5 Å². The molecular formula is C28H30N6O2. The summed E-state index contributed by atoms with van der Waals surface area (Å²) in [7, 11) is 0. The molecule has 0 saturated heterocycles. The molecule has 0 unspecified atom stereocenters. The van der Waals surface area contributed by atoms with Gasteiger partial charge in [-0.05, 0) is 69.7 Å². The van der Waals surface area contributed by atoms with Crippen LogP contribution in [0, 0.1) is 5.41 Å². The number of hydrogen-bond donors (Lipinski definition) is 4. The second-order valence-corrected chi connectivity index (χ2v) is 9.46. The van der Waals surface area contributed by atoms with Gasteiger partial charge in [0.25, 0.3) is 5.91 Å². The van der Waals surface area contributed by atoms with Gasteiger partial charge in [0, 0.05) is 39.7 Å². The molecule has 0 radical (unpaired) electrons. The van der Waals surface area contributed by atoms with Crippen molar-refractivity contribution in [2.45, 2.75) is 32.7 Å². The van der Waals surface area contributed by atoms with Crippen LogP contribution in [0.15, 0.2) is 72.5 Å². The highest BCUT2D eigenvalue weighted by Crippen LogP contribution is 2.28. The molecule has 36 heavy (non-hydrogen) atoms. The molecular weight excluding hydrogens is 452 g/mol. The van der Waals surface area contributed by atoms with Crippen molar-refractivity contribution < 1.29 is 9.53 Å². The zero-order valence-electron chi connectivity index (χ0n) is 20.6. The number of para-hydroxylation sites is 1. The number of carbonyl (C=O) groups is 1. The van der Waals surface area contributed by atoms with Gasteiger partial charge < -0.3 is 26.5 Å². The van der Waals surface area contributed by atoms with Gasteiger partial charge in [0.05, 0.1) is 5.52 Å². The molecule has 0 saturated carbocycles. The fourth-order valence-electron chi connectivity index (χ4n) is 3.70. The number of benzene rings is 2. The first kappa shape index (κ1) is 24.7. The van der Waals surface area contributed by atoms with Crippen molar-refractivity contribution in [3.05, 3.63) is 83.9 Å². The number of nitrogens with one attached hydrogen (secondary N) is 3. The monoisotopic (exact) mass is 482 g/mol. The molecule has 184 valence electrons. The van der Waals surface area contributed by atoms with Crippen LogP contribution in [0.3, 0.4) is 0 Å². The number of allylic oxidation sites excluding steroid dienone is 5. The van der Waals surface area contributed by atoms with Crippen molar-refractivity contribution in [3.8, 4) is 0 Å². The van der Waals surface area contributed by atoms with Gasteiger partial charge >= 0.3 is 0 Å². The topological polar surface area (TPSA) is 126 Å². The first-order chi connectivity index (χ1) is 17.2. The summed E-state index contributed by atoms with van der Waals surface area (Å²) in [5.41, 5.74) is 9.11. The second-order valence-electron chi connectivity index (χ2n) is 9.46. The van der Waals surface area contributed by atoms with Gasteiger partial charge in [-0.2, -0.15) is 0 Å². The van der Waals surface area contributed by atoms with Gasteiger partial charge in [0.1, 0.15) is 11.6 Å². The largest absolute Gasteiger partial charge is 0.484 e. The Balaban J connectivity index is 1.65. The average molecular weight is 483 g/mol. The molecule has 5 N–H and O–H groups in total. The van der Waals surface area contributed by atoms with Crippen LogP contribution >= 0.6 is 0 Å². The molecule has 4 rings (SSSR count). The molecule has 0 fully saturated rings. The van der Waals surface area contributed by atoms with Gasteiger partial charge in [-0.15, -0.1) is 0 Å². The van der Waals surface area contributed by atoms with Crippen LogP contribution in [0.2, 0.25) is 0 Å². The molecule has 1 aliphatic carbocycles. The number of fused-ring (bicyclic) bond motifs is 1. The number of nitrogen functional groups attached to an aromatic ring is 1. The number of anilines is 3. The quantitative estimate of drug-likeness (QED) is 0.274. The molecule has 2 aromatic carbocycles. The molecule has 0 bridgehead atoms. The van der Waals surface area contributed by atoms with E-state index in [1.165, 1.54) is 6.21 Å². The highest BCUT2D eigenvalue weighted by atomic mass is 16.5. The Hall–Kier alpha value is -4.46. The smallest absolute Gasteiger partial charge is 0.258 e. The number of aromatic nitrogens is 2. The Morgan fingerprint density at radius 2 is 2.00 bits per heavy atom. The van der Waals surface area contributed by atoms with Crippen LogP contribution in [-0.4, -0.2) is 34.2 Å². The van der Waals surface area contributed by atoms with Crippen molar-refractivity contribution >= 4 is 45.8 Å². The van der Waals surface area contributed by atoms with Crippen molar-refractivity contribution in [2.24, 2.45) is 0 Å². The third-order valence-electron chi connectivity index (χ3n) is 5.30. The minimum atomic E-state index is -0.328. The van der Waals surface area contributed by atoms with Crippen molar-refractivity contribution in [2.75, 3.05) is 17.7 Å². The lowest BCUT2D eigenvalue weighted by Crippen LogP contribution is -2.42. The zero-order valence-corrected chi connectivity index (χ0v) is 20.6. The van der Waals surface area contributed by atoms with Gasteiger partial charge in [-0.3, -0.25) is 4.79 Å². The lowest BCUT2D eigenvalue weighted by Gasteiger charge is -2.20. The van der Waals surface area contributed by atoms with E-state index in [-0.39, 0.29) is 18.1 Å². The van der Waals surface area contributed by atoms with E-state index < -0.39 is 0 Å². The highest BCUT2D eigenvalue weighted by Gasteiger charge is 2.16. The molecule has 1 aromatic heterocycles. The number of amides is 1. The van der Waals surface area contributed by atoms with Crippen LogP contribution in [0.1, 0.15) is 38.6 Å². The Labute approximate surface area is 210 Å². The summed E-state index contributed by atoms with van der Waals surface area (Å²) in [5.74, 6) is 1.54. The van der Waals surface area contributed by atoms with Crippen molar-refractivity contribution in [3.63, 3.8) is 0 Å². The van der Waals surface area contributed by atoms with Crippen LogP contribution in [0.5, 0.6) is 0 Å². The molecule has 0 aliphatic heterocycles. The molecule has 1 aliphatic rings. The van der Waals surface area contributed by atoms with Gasteiger partial charge in [-0.1, -0.05) is 24.3 Å². The van der Waals surface area contributed by atoms with Crippen LogP contribution in [0.4, 0.5) is 17.2 Å². The van der Waals surface area contributed by atoms with E-state index in [2.05, 4.69) is 10.6 Å². The number of nitrogens with zero attached hydrogens (tertiary/aromatic N) is 2. The number of nitrogens with two attached hydrogens (primary N) is 1. The maximum absolute atomic E-state index is 12.2. The minimum Gasteiger partial charge on any atom is -0.484 e. The Kier molecular flexibility index (Phi) is 7.15. The molecule has 1 amide bonds. The van der Waals surface area contributed by atoms with E-state index in [0.29, 0.717) is 35.1 Å². The minimum absolute atomic E-state index is 0.0847. The summed E-state index contributed by atoms with van der Waals surface area (Å²) < 4.78 is 5.79. The molecule has 0 atom stereocenters. The maximum Gasteiger partial charge on any atom is 0.258 e. The number of carbonyl (C=O) groups excluding carboxylic acids is 1. The predicted molar refractivity (Wildman–Crippen MR) is 145 cm³/mol. The highest BCUT2D eigenvalue weighted by molar-refractivity contribution is 5.93. The van der Waals surface area contributed by atoms with Gasteiger partial charge in [0.2, 0.25) is 0 Å². The SMILES string of the molecule is CC(C)(C)NC(=O)COC1=CC(c2nc(Nc3ccc(N)c(C=N)c3)c3ccccc3n2)=CCC=C1. The lowest BCUT2D eigenvalue weighted by molar-refractivity contribution is -0.125. The van der Waals surface area contributed by atoms with Gasteiger partial charge in [-0.25, -0.2) is 9.97 Å².